The number of carbonyl (C=O) groups is 1. The molecule has 0 radical (unpaired) electrons. The zero-order valence-electron chi connectivity index (χ0n) is 21.8. The molecule has 0 fully saturated rings. The lowest BCUT2D eigenvalue weighted by atomic mass is 9.82. The van der Waals surface area contributed by atoms with Gasteiger partial charge in [0, 0.05) is 18.2 Å². The van der Waals surface area contributed by atoms with Gasteiger partial charge in [0.25, 0.3) is 0 Å². The van der Waals surface area contributed by atoms with Crippen LogP contribution in [0, 0.1) is 11.2 Å². The molecule has 3 rings (SSSR count). The molecule has 38 heavy (non-hydrogen) atoms. The average Bonchev–Trinajstić information content (AvgIpc) is 2.91. The van der Waals surface area contributed by atoms with Crippen LogP contribution in [-0.4, -0.2) is 42.5 Å². The fourth-order valence-electron chi connectivity index (χ4n) is 3.97. The number of carbonyl (C=O) groups excluding carboxylic acids is 1. The molecule has 0 bridgehead atoms. The first kappa shape index (κ1) is 29.1. The molecule has 1 N–H and O–H groups in total. The third kappa shape index (κ3) is 7.77. The summed E-state index contributed by atoms with van der Waals surface area (Å²) in [7, 11) is 1.84. The molecule has 1 aromatic heterocycles. The van der Waals surface area contributed by atoms with Crippen LogP contribution < -0.4 is 10.1 Å². The Labute approximate surface area is 220 Å². The summed E-state index contributed by atoms with van der Waals surface area (Å²) >= 11 is 0. The summed E-state index contributed by atoms with van der Waals surface area (Å²) in [5.41, 5.74) is -0.170. The second-order valence-electron chi connectivity index (χ2n) is 9.52. The molecule has 3 aromatic rings. The van der Waals surface area contributed by atoms with Crippen LogP contribution in [0.3, 0.4) is 0 Å². The van der Waals surface area contributed by atoms with Crippen molar-refractivity contribution >= 4 is 5.91 Å². The number of hydrogen-bond acceptors (Lipinski definition) is 4. The molecule has 0 spiro atoms. The molecule has 1 heterocycles. The molecule has 0 aliphatic carbocycles. The molecule has 0 aliphatic heterocycles. The fourth-order valence-corrected chi connectivity index (χ4v) is 3.97. The van der Waals surface area contributed by atoms with Gasteiger partial charge in [-0.3, -0.25) is 9.78 Å². The highest BCUT2D eigenvalue weighted by Crippen LogP contribution is 2.36. The van der Waals surface area contributed by atoms with Crippen LogP contribution >= 0.6 is 0 Å². The number of amides is 1. The third-order valence-electron chi connectivity index (χ3n) is 6.76. The Bertz CT molecular complexity index is 1170. The van der Waals surface area contributed by atoms with E-state index in [4.69, 9.17) is 4.74 Å². The fraction of sp³-hybridized carbons (Fsp3) is 0.379. The van der Waals surface area contributed by atoms with Gasteiger partial charge in [-0.2, -0.15) is 13.2 Å². The van der Waals surface area contributed by atoms with E-state index in [0.29, 0.717) is 37.2 Å². The number of nitrogens with one attached hydrogen (secondary N) is 1. The summed E-state index contributed by atoms with van der Waals surface area (Å²) in [6, 6.07) is 16.0. The number of halogens is 4. The molecule has 1 amide bonds. The number of likely N-dealkylation sites (N-methyl/N-ethyl adjacent to an activating group) is 1. The van der Waals surface area contributed by atoms with Gasteiger partial charge >= 0.3 is 6.18 Å². The molecular formula is C29H33F4N3O2. The summed E-state index contributed by atoms with van der Waals surface area (Å²) in [5, 5.41) is 3.10. The first-order chi connectivity index (χ1) is 18.0. The minimum atomic E-state index is -4.49. The smallest absolute Gasteiger partial charge is 0.419 e. The van der Waals surface area contributed by atoms with Crippen LogP contribution in [0.25, 0.3) is 0 Å². The molecule has 2 aromatic carbocycles. The summed E-state index contributed by atoms with van der Waals surface area (Å²) in [5.74, 6) is -0.733. The SMILES string of the molecule is CCC(C)(CCN(C)CCOc1ccccc1C(F)(F)F)C(=O)NC(c1ccc(F)cc1)c1ccccn1. The zero-order chi connectivity index (χ0) is 27.8. The van der Waals surface area contributed by atoms with E-state index in [1.165, 1.54) is 30.3 Å². The van der Waals surface area contributed by atoms with Gasteiger partial charge in [0.2, 0.25) is 5.91 Å². The van der Waals surface area contributed by atoms with Crippen LogP contribution in [0.15, 0.2) is 72.9 Å². The molecule has 2 unspecified atom stereocenters. The summed E-state index contributed by atoms with van der Waals surface area (Å²) in [4.78, 5) is 19.8. The van der Waals surface area contributed by atoms with Crippen LogP contribution in [-0.2, 0) is 11.0 Å². The van der Waals surface area contributed by atoms with Crippen molar-refractivity contribution in [2.45, 2.75) is 38.9 Å². The number of hydrogen-bond donors (Lipinski definition) is 1. The highest BCUT2D eigenvalue weighted by Gasteiger charge is 2.35. The standard InChI is InChI=1S/C29H33F4N3O2/c1-4-28(2,16-18-36(3)19-20-38-25-11-6-5-9-23(25)29(31,32)33)27(37)35-26(24-10-7-8-17-34-24)21-12-14-22(30)15-13-21/h5-15,17,26H,4,16,18-20H2,1-3H3,(H,35,37). The van der Waals surface area contributed by atoms with E-state index in [1.54, 1.807) is 24.4 Å². The molecule has 0 saturated carbocycles. The molecule has 9 heteroatoms. The number of aromatic nitrogens is 1. The molecule has 5 nitrogen and oxygen atoms in total. The largest absolute Gasteiger partial charge is 0.492 e. The Morgan fingerprint density at radius 3 is 2.34 bits per heavy atom. The average molecular weight is 532 g/mol. The number of ether oxygens (including phenoxy) is 1. The van der Waals surface area contributed by atoms with Gasteiger partial charge in [-0.15, -0.1) is 0 Å². The summed E-state index contributed by atoms with van der Waals surface area (Å²) in [6.07, 6.45) is -1.76. The van der Waals surface area contributed by atoms with Crippen molar-refractivity contribution in [2.24, 2.45) is 5.41 Å². The van der Waals surface area contributed by atoms with Gasteiger partial charge < -0.3 is 15.0 Å². The second-order valence-corrected chi connectivity index (χ2v) is 9.52. The first-order valence-electron chi connectivity index (χ1n) is 12.5. The Balaban J connectivity index is 1.61. The molecule has 0 saturated heterocycles. The molecule has 2 atom stereocenters. The van der Waals surface area contributed by atoms with Crippen molar-refractivity contribution in [1.82, 2.24) is 15.2 Å². The first-order valence-corrected chi connectivity index (χ1v) is 12.5. The van der Waals surface area contributed by atoms with Crippen molar-refractivity contribution < 1.29 is 27.1 Å². The van der Waals surface area contributed by atoms with E-state index >= 15 is 0 Å². The zero-order valence-corrected chi connectivity index (χ0v) is 21.8. The maximum absolute atomic E-state index is 13.5. The van der Waals surface area contributed by atoms with E-state index in [0.717, 1.165) is 6.07 Å². The van der Waals surface area contributed by atoms with Crippen LogP contribution in [0.5, 0.6) is 5.75 Å². The van der Waals surface area contributed by atoms with E-state index in [9.17, 15) is 22.4 Å². The van der Waals surface area contributed by atoms with Crippen molar-refractivity contribution in [3.8, 4) is 5.75 Å². The number of pyridine rings is 1. The van der Waals surface area contributed by atoms with Gasteiger partial charge in [-0.1, -0.05) is 44.2 Å². The van der Waals surface area contributed by atoms with Gasteiger partial charge in [-0.25, -0.2) is 4.39 Å². The van der Waals surface area contributed by atoms with Crippen LogP contribution in [0.2, 0.25) is 0 Å². The monoisotopic (exact) mass is 531 g/mol. The minimum Gasteiger partial charge on any atom is -0.492 e. The maximum Gasteiger partial charge on any atom is 0.419 e. The Morgan fingerprint density at radius 2 is 1.71 bits per heavy atom. The summed E-state index contributed by atoms with van der Waals surface area (Å²) in [6.45, 7) is 4.81. The van der Waals surface area contributed by atoms with E-state index in [-0.39, 0.29) is 24.1 Å². The van der Waals surface area contributed by atoms with E-state index < -0.39 is 23.2 Å². The summed E-state index contributed by atoms with van der Waals surface area (Å²) < 4.78 is 58.5. The van der Waals surface area contributed by atoms with Crippen LogP contribution in [0.4, 0.5) is 17.6 Å². The quantitative estimate of drug-likeness (QED) is 0.280. The lowest BCUT2D eigenvalue weighted by Crippen LogP contribution is -2.43. The van der Waals surface area contributed by atoms with E-state index in [2.05, 4.69) is 10.3 Å². The minimum absolute atomic E-state index is 0.0744. The topological polar surface area (TPSA) is 54.5 Å². The highest BCUT2D eigenvalue weighted by atomic mass is 19.4. The predicted octanol–water partition coefficient (Wildman–Crippen LogP) is 6.26. The number of alkyl halides is 3. The van der Waals surface area contributed by atoms with E-state index in [1.807, 2.05) is 37.9 Å². The number of nitrogens with zero attached hydrogens (tertiary/aromatic N) is 2. The van der Waals surface area contributed by atoms with Gasteiger partial charge in [0.15, 0.2) is 0 Å². The van der Waals surface area contributed by atoms with Gasteiger partial charge in [0.05, 0.1) is 17.3 Å². The number of rotatable bonds is 12. The van der Waals surface area contributed by atoms with Crippen molar-refractivity contribution in [2.75, 3.05) is 26.7 Å². The molecule has 0 aliphatic rings. The van der Waals surface area contributed by atoms with Crippen molar-refractivity contribution in [3.63, 3.8) is 0 Å². The Kier molecular flexibility index (Phi) is 9.85. The van der Waals surface area contributed by atoms with Gasteiger partial charge in [-0.05, 0) is 68.4 Å². The lowest BCUT2D eigenvalue weighted by molar-refractivity contribution is -0.139. The Morgan fingerprint density at radius 1 is 1.03 bits per heavy atom. The molecular weight excluding hydrogens is 498 g/mol. The van der Waals surface area contributed by atoms with Crippen molar-refractivity contribution in [3.05, 3.63) is 95.6 Å². The third-order valence-corrected chi connectivity index (χ3v) is 6.76. The predicted molar refractivity (Wildman–Crippen MR) is 138 cm³/mol. The van der Waals surface area contributed by atoms with Crippen molar-refractivity contribution in [1.29, 1.82) is 0 Å². The number of para-hydroxylation sites is 1. The maximum atomic E-state index is 13.5. The molecule has 204 valence electrons. The Hall–Kier alpha value is -3.46. The lowest BCUT2D eigenvalue weighted by Gasteiger charge is -2.31. The highest BCUT2D eigenvalue weighted by molar-refractivity contribution is 5.83. The van der Waals surface area contributed by atoms with Crippen LogP contribution in [0.1, 0.15) is 49.6 Å². The normalized spacial score (nSPS) is 14.1. The van der Waals surface area contributed by atoms with Gasteiger partial charge in [0.1, 0.15) is 18.2 Å². The number of benzene rings is 2. The second kappa shape index (κ2) is 12.9.